The van der Waals surface area contributed by atoms with E-state index < -0.39 is 0 Å². The standard InChI is InChI=1S/C11H9NO/c12-8-10-6-7-13-11(10)9-4-2-1-3-5-9/h1-6,11H,7H2. The number of benzene rings is 1. The Kier molecular flexibility index (Phi) is 2.11. The van der Waals surface area contributed by atoms with Crippen molar-refractivity contribution in [3.63, 3.8) is 0 Å². The molecule has 2 rings (SSSR count). The van der Waals surface area contributed by atoms with Crippen LogP contribution >= 0.6 is 0 Å². The highest BCUT2D eigenvalue weighted by Gasteiger charge is 2.20. The van der Waals surface area contributed by atoms with Gasteiger partial charge in [0.1, 0.15) is 6.10 Å². The van der Waals surface area contributed by atoms with Crippen molar-refractivity contribution in [1.29, 1.82) is 5.26 Å². The van der Waals surface area contributed by atoms with Gasteiger partial charge in [-0.1, -0.05) is 30.3 Å². The SMILES string of the molecule is N#CC1=CCOC1c1ccccc1. The van der Waals surface area contributed by atoms with Crippen LogP contribution in [0, 0.1) is 11.3 Å². The summed E-state index contributed by atoms with van der Waals surface area (Å²) in [5, 5.41) is 8.80. The third kappa shape index (κ3) is 1.47. The van der Waals surface area contributed by atoms with E-state index in [-0.39, 0.29) is 6.10 Å². The van der Waals surface area contributed by atoms with E-state index in [9.17, 15) is 0 Å². The molecular weight excluding hydrogens is 162 g/mol. The summed E-state index contributed by atoms with van der Waals surface area (Å²) in [5.74, 6) is 0. The van der Waals surface area contributed by atoms with E-state index in [1.54, 1.807) is 0 Å². The van der Waals surface area contributed by atoms with Gasteiger partial charge in [0, 0.05) is 0 Å². The molecule has 1 aliphatic heterocycles. The van der Waals surface area contributed by atoms with Crippen LogP contribution in [0.5, 0.6) is 0 Å². The fourth-order valence-electron chi connectivity index (χ4n) is 1.44. The molecule has 0 aromatic heterocycles. The number of rotatable bonds is 1. The van der Waals surface area contributed by atoms with Crippen LogP contribution in [-0.2, 0) is 4.74 Å². The van der Waals surface area contributed by atoms with Crippen LogP contribution in [0.25, 0.3) is 0 Å². The highest BCUT2D eigenvalue weighted by atomic mass is 16.5. The Bertz CT molecular complexity index is 361. The van der Waals surface area contributed by atoms with Crippen LogP contribution in [0.2, 0.25) is 0 Å². The van der Waals surface area contributed by atoms with E-state index in [1.165, 1.54) is 0 Å². The highest BCUT2D eigenvalue weighted by molar-refractivity contribution is 5.36. The zero-order valence-corrected chi connectivity index (χ0v) is 7.10. The van der Waals surface area contributed by atoms with Crippen molar-refractivity contribution in [1.82, 2.24) is 0 Å². The lowest BCUT2D eigenvalue weighted by molar-refractivity contribution is 0.125. The van der Waals surface area contributed by atoms with Crippen molar-refractivity contribution in [2.75, 3.05) is 6.61 Å². The van der Waals surface area contributed by atoms with Crippen LogP contribution in [0.4, 0.5) is 0 Å². The minimum Gasteiger partial charge on any atom is -0.364 e. The summed E-state index contributed by atoms with van der Waals surface area (Å²) in [6.45, 7) is 0.544. The fourth-order valence-corrected chi connectivity index (χ4v) is 1.44. The van der Waals surface area contributed by atoms with Gasteiger partial charge in [-0.15, -0.1) is 0 Å². The molecule has 1 atom stereocenters. The molecule has 0 radical (unpaired) electrons. The zero-order valence-electron chi connectivity index (χ0n) is 7.10. The van der Waals surface area contributed by atoms with Gasteiger partial charge in [-0.3, -0.25) is 0 Å². The first kappa shape index (κ1) is 8.03. The van der Waals surface area contributed by atoms with Crippen molar-refractivity contribution in [3.05, 3.63) is 47.5 Å². The van der Waals surface area contributed by atoms with Gasteiger partial charge in [-0.25, -0.2) is 0 Å². The number of nitrogens with zero attached hydrogens (tertiary/aromatic N) is 1. The molecule has 2 heteroatoms. The molecule has 0 N–H and O–H groups in total. The summed E-state index contributed by atoms with van der Waals surface area (Å²) >= 11 is 0. The monoisotopic (exact) mass is 171 g/mol. The largest absolute Gasteiger partial charge is 0.364 e. The van der Waals surface area contributed by atoms with Gasteiger partial charge in [0.25, 0.3) is 0 Å². The molecule has 1 aliphatic rings. The molecule has 0 spiro atoms. The molecule has 2 nitrogen and oxygen atoms in total. The van der Waals surface area contributed by atoms with Crippen molar-refractivity contribution in [3.8, 4) is 6.07 Å². The Morgan fingerprint density at radius 1 is 1.31 bits per heavy atom. The molecular formula is C11H9NO. The number of nitriles is 1. The second-order valence-electron chi connectivity index (χ2n) is 2.90. The Labute approximate surface area is 77.1 Å². The molecule has 1 heterocycles. The fraction of sp³-hybridized carbons (Fsp3) is 0.182. The minimum atomic E-state index is -0.147. The van der Waals surface area contributed by atoms with E-state index in [4.69, 9.17) is 10.00 Å². The van der Waals surface area contributed by atoms with Gasteiger partial charge in [-0.2, -0.15) is 5.26 Å². The molecule has 1 aromatic carbocycles. The van der Waals surface area contributed by atoms with Gasteiger partial charge in [0.2, 0.25) is 0 Å². The lowest BCUT2D eigenvalue weighted by Crippen LogP contribution is -1.99. The van der Waals surface area contributed by atoms with Crippen LogP contribution in [0.15, 0.2) is 42.0 Å². The smallest absolute Gasteiger partial charge is 0.118 e. The normalized spacial score (nSPS) is 20.8. The van der Waals surface area contributed by atoms with Crippen molar-refractivity contribution in [2.45, 2.75) is 6.10 Å². The summed E-state index contributed by atoms with van der Waals surface area (Å²) < 4.78 is 5.43. The Morgan fingerprint density at radius 2 is 2.08 bits per heavy atom. The molecule has 1 aromatic rings. The summed E-state index contributed by atoms with van der Waals surface area (Å²) in [7, 11) is 0. The maximum absolute atomic E-state index is 8.80. The third-order valence-electron chi connectivity index (χ3n) is 2.08. The van der Waals surface area contributed by atoms with Gasteiger partial charge in [0.05, 0.1) is 18.2 Å². The molecule has 13 heavy (non-hydrogen) atoms. The molecule has 0 fully saturated rings. The molecule has 0 aliphatic carbocycles. The zero-order chi connectivity index (χ0) is 9.10. The summed E-state index contributed by atoms with van der Waals surface area (Å²) in [5.41, 5.74) is 1.76. The van der Waals surface area contributed by atoms with Crippen molar-refractivity contribution >= 4 is 0 Å². The first-order valence-electron chi connectivity index (χ1n) is 4.18. The predicted octanol–water partition coefficient (Wildman–Crippen LogP) is 2.21. The van der Waals surface area contributed by atoms with Crippen molar-refractivity contribution in [2.24, 2.45) is 0 Å². The molecule has 64 valence electrons. The summed E-state index contributed by atoms with van der Waals surface area (Å²) in [6.07, 6.45) is 1.68. The average molecular weight is 171 g/mol. The predicted molar refractivity (Wildman–Crippen MR) is 48.8 cm³/mol. The maximum Gasteiger partial charge on any atom is 0.118 e. The Balaban J connectivity index is 2.29. The van der Waals surface area contributed by atoms with E-state index in [1.807, 2.05) is 36.4 Å². The first-order valence-corrected chi connectivity index (χ1v) is 4.18. The molecule has 0 saturated heterocycles. The van der Waals surface area contributed by atoms with Gasteiger partial charge < -0.3 is 4.74 Å². The maximum atomic E-state index is 8.80. The van der Waals surface area contributed by atoms with E-state index >= 15 is 0 Å². The van der Waals surface area contributed by atoms with Gasteiger partial charge >= 0.3 is 0 Å². The van der Waals surface area contributed by atoms with E-state index in [0.29, 0.717) is 12.2 Å². The molecule has 0 amide bonds. The highest BCUT2D eigenvalue weighted by Crippen LogP contribution is 2.29. The molecule has 0 saturated carbocycles. The summed E-state index contributed by atoms with van der Waals surface area (Å²) in [4.78, 5) is 0. The average Bonchev–Trinajstić information content (AvgIpc) is 2.67. The van der Waals surface area contributed by atoms with E-state index in [0.717, 1.165) is 5.56 Å². The number of ether oxygens (including phenoxy) is 1. The van der Waals surface area contributed by atoms with E-state index in [2.05, 4.69) is 6.07 Å². The summed E-state index contributed by atoms with van der Waals surface area (Å²) in [6, 6.07) is 11.9. The lowest BCUT2D eigenvalue weighted by Gasteiger charge is -2.09. The van der Waals surface area contributed by atoms with Crippen LogP contribution in [0.3, 0.4) is 0 Å². The minimum absolute atomic E-state index is 0.147. The van der Waals surface area contributed by atoms with Crippen LogP contribution in [-0.4, -0.2) is 6.61 Å². The van der Waals surface area contributed by atoms with Crippen LogP contribution in [0.1, 0.15) is 11.7 Å². The molecule has 1 unspecified atom stereocenters. The van der Waals surface area contributed by atoms with Gasteiger partial charge in [0.15, 0.2) is 0 Å². The quantitative estimate of drug-likeness (QED) is 0.649. The number of hydrogen-bond acceptors (Lipinski definition) is 2. The Hall–Kier alpha value is -1.59. The topological polar surface area (TPSA) is 33.0 Å². The van der Waals surface area contributed by atoms with Crippen LogP contribution < -0.4 is 0 Å². The second-order valence-corrected chi connectivity index (χ2v) is 2.90. The number of hydrogen-bond donors (Lipinski definition) is 0. The molecule has 0 bridgehead atoms. The third-order valence-corrected chi connectivity index (χ3v) is 2.08. The second kappa shape index (κ2) is 3.42. The Morgan fingerprint density at radius 3 is 2.77 bits per heavy atom. The lowest BCUT2D eigenvalue weighted by atomic mass is 10.0. The van der Waals surface area contributed by atoms with Gasteiger partial charge in [-0.05, 0) is 11.6 Å². The van der Waals surface area contributed by atoms with Crippen molar-refractivity contribution < 1.29 is 4.74 Å². The first-order chi connectivity index (χ1) is 6.42.